The van der Waals surface area contributed by atoms with Crippen molar-refractivity contribution in [3.63, 3.8) is 0 Å². The van der Waals surface area contributed by atoms with Crippen LogP contribution in [0.3, 0.4) is 0 Å². The van der Waals surface area contributed by atoms with Gasteiger partial charge in [-0.25, -0.2) is 4.98 Å². The molecule has 0 saturated carbocycles. The molecule has 5 N–H and O–H groups in total. The first-order valence-electron chi connectivity index (χ1n) is 9.83. The molecule has 1 amide bonds. The number of carboxylic acid groups (broad SMARTS) is 1. The molecular formula is C20H31Br2N5O3. The summed E-state index contributed by atoms with van der Waals surface area (Å²) >= 11 is 0. The molecule has 2 heterocycles. The van der Waals surface area contributed by atoms with E-state index in [0.717, 1.165) is 48.8 Å². The Morgan fingerprint density at radius 1 is 1.33 bits per heavy atom. The predicted octanol–water partition coefficient (Wildman–Crippen LogP) is 2.76. The maximum absolute atomic E-state index is 12.5. The van der Waals surface area contributed by atoms with E-state index < -0.39 is 5.97 Å². The highest BCUT2D eigenvalue weighted by Crippen LogP contribution is 2.29. The summed E-state index contributed by atoms with van der Waals surface area (Å²) in [6.07, 6.45) is 4.25. The summed E-state index contributed by atoms with van der Waals surface area (Å²) in [5, 5.41) is 14.7. The first kappa shape index (κ1) is 26.4. The van der Waals surface area contributed by atoms with Crippen molar-refractivity contribution >= 4 is 62.6 Å². The molecule has 8 nitrogen and oxygen atoms in total. The quantitative estimate of drug-likeness (QED) is 0.395. The summed E-state index contributed by atoms with van der Waals surface area (Å²) in [6.45, 7) is 4.07. The van der Waals surface area contributed by atoms with Gasteiger partial charge >= 0.3 is 5.97 Å². The number of nitrogens with one attached hydrogen (secondary N) is 2. The van der Waals surface area contributed by atoms with Crippen LogP contribution in [0.5, 0.6) is 0 Å². The monoisotopic (exact) mass is 547 g/mol. The van der Waals surface area contributed by atoms with Crippen LogP contribution in [-0.2, 0) is 18.3 Å². The Kier molecular flexibility index (Phi) is 10.3. The molecule has 10 heteroatoms. The molecule has 1 aromatic heterocycles. The largest absolute Gasteiger partial charge is 0.481 e. The number of nitrogen functional groups attached to an aromatic ring is 1. The minimum Gasteiger partial charge on any atom is -0.481 e. The number of benzene rings is 1. The van der Waals surface area contributed by atoms with Gasteiger partial charge in [0.25, 0.3) is 5.91 Å². The lowest BCUT2D eigenvalue weighted by atomic mass is 9.93. The van der Waals surface area contributed by atoms with Crippen LogP contribution in [0.25, 0.3) is 11.0 Å². The summed E-state index contributed by atoms with van der Waals surface area (Å²) in [4.78, 5) is 27.9. The highest BCUT2D eigenvalue weighted by Gasteiger charge is 2.21. The van der Waals surface area contributed by atoms with Gasteiger partial charge in [0.05, 0.1) is 23.2 Å². The van der Waals surface area contributed by atoms with Crippen LogP contribution in [0.2, 0.25) is 0 Å². The van der Waals surface area contributed by atoms with E-state index in [1.54, 1.807) is 0 Å². The summed E-state index contributed by atoms with van der Waals surface area (Å²) in [5.74, 6) is 0.377. The second kappa shape index (κ2) is 11.7. The lowest BCUT2D eigenvalue weighted by molar-refractivity contribution is -0.136. The minimum atomic E-state index is -0.955. The Labute approximate surface area is 197 Å². The molecule has 3 rings (SSSR count). The number of fused-ring (bicyclic) bond motifs is 1. The van der Waals surface area contributed by atoms with E-state index in [0.29, 0.717) is 16.8 Å². The Balaban J connectivity index is 0.00000225. The van der Waals surface area contributed by atoms with Gasteiger partial charge in [-0.05, 0) is 56.8 Å². The van der Waals surface area contributed by atoms with Gasteiger partial charge in [-0.1, -0.05) is 0 Å². The Bertz CT molecular complexity index is 894. The molecule has 1 aliphatic heterocycles. The standard InChI is InChI=1S/C20H29N5O3.2BrH/c1-12-11-14-19(18(21)17(12)20(28)23-10-7-16(26)27)24-15(25(14)2)4-3-13-5-8-22-9-6-13;;/h11,13,22H,3-10,21H2,1-2H3,(H,23,28)(H,26,27);2*1H. The van der Waals surface area contributed by atoms with Crippen molar-refractivity contribution in [2.24, 2.45) is 13.0 Å². The predicted molar refractivity (Wildman–Crippen MR) is 129 cm³/mol. The fraction of sp³-hybridized carbons (Fsp3) is 0.550. The number of rotatable bonds is 7. The van der Waals surface area contributed by atoms with Crippen molar-refractivity contribution in [1.29, 1.82) is 0 Å². The highest BCUT2D eigenvalue weighted by molar-refractivity contribution is 8.93. The third-order valence-corrected chi connectivity index (χ3v) is 5.59. The van der Waals surface area contributed by atoms with Crippen molar-refractivity contribution in [3.05, 3.63) is 23.0 Å². The molecule has 0 atom stereocenters. The maximum Gasteiger partial charge on any atom is 0.305 e. The zero-order chi connectivity index (χ0) is 20.3. The average molecular weight is 549 g/mol. The summed E-state index contributed by atoms with van der Waals surface area (Å²) in [6, 6.07) is 1.93. The number of nitrogens with zero attached hydrogens (tertiary/aromatic N) is 2. The van der Waals surface area contributed by atoms with Crippen molar-refractivity contribution in [3.8, 4) is 0 Å². The molecule has 0 radical (unpaired) electrons. The maximum atomic E-state index is 12.5. The van der Waals surface area contributed by atoms with Crippen LogP contribution >= 0.6 is 34.0 Å². The topological polar surface area (TPSA) is 122 Å². The van der Waals surface area contributed by atoms with Crippen molar-refractivity contribution in [1.82, 2.24) is 20.2 Å². The Morgan fingerprint density at radius 2 is 2.00 bits per heavy atom. The molecule has 0 spiro atoms. The fourth-order valence-corrected chi connectivity index (χ4v) is 3.93. The second-order valence-electron chi connectivity index (χ2n) is 7.57. The van der Waals surface area contributed by atoms with E-state index in [4.69, 9.17) is 15.8 Å². The molecule has 1 fully saturated rings. The number of aromatic nitrogens is 2. The SMILES string of the molecule is Br.Br.Cc1cc2c(nc(CCC3CCNCC3)n2C)c(N)c1C(=O)NCCC(=O)O. The van der Waals surface area contributed by atoms with Gasteiger partial charge in [-0.2, -0.15) is 0 Å². The normalized spacial score (nSPS) is 14.1. The van der Waals surface area contributed by atoms with Gasteiger partial charge < -0.3 is 26.0 Å². The lowest BCUT2D eigenvalue weighted by Crippen LogP contribution is -2.28. The average Bonchev–Trinajstić information content (AvgIpc) is 2.97. The van der Waals surface area contributed by atoms with Crippen molar-refractivity contribution in [2.45, 2.75) is 39.0 Å². The number of hydrogen-bond donors (Lipinski definition) is 4. The molecule has 1 aliphatic rings. The lowest BCUT2D eigenvalue weighted by Gasteiger charge is -2.22. The van der Waals surface area contributed by atoms with E-state index in [1.807, 2.05) is 20.0 Å². The van der Waals surface area contributed by atoms with E-state index in [1.165, 1.54) is 12.8 Å². The molecule has 0 unspecified atom stereocenters. The number of piperidine rings is 1. The molecule has 2 aromatic rings. The number of anilines is 1. The molecule has 30 heavy (non-hydrogen) atoms. The number of nitrogens with two attached hydrogens (primary N) is 1. The van der Waals surface area contributed by atoms with E-state index in [9.17, 15) is 9.59 Å². The van der Waals surface area contributed by atoms with Crippen molar-refractivity contribution < 1.29 is 14.7 Å². The minimum absolute atomic E-state index is 0. The van der Waals surface area contributed by atoms with Crippen LogP contribution in [0.15, 0.2) is 6.07 Å². The molecule has 0 bridgehead atoms. The first-order chi connectivity index (χ1) is 13.4. The summed E-state index contributed by atoms with van der Waals surface area (Å²) < 4.78 is 2.06. The van der Waals surface area contributed by atoms with Gasteiger partial charge in [0, 0.05) is 20.0 Å². The number of imidazole rings is 1. The first-order valence-corrected chi connectivity index (χ1v) is 9.83. The molecule has 0 aliphatic carbocycles. The van der Waals surface area contributed by atoms with E-state index in [-0.39, 0.29) is 52.8 Å². The molecule has 1 aromatic carbocycles. The number of carbonyl (C=O) groups is 2. The van der Waals surface area contributed by atoms with Crippen LogP contribution < -0.4 is 16.4 Å². The van der Waals surface area contributed by atoms with Gasteiger partial charge in [0.15, 0.2) is 0 Å². The molecular weight excluding hydrogens is 518 g/mol. The van der Waals surface area contributed by atoms with Gasteiger partial charge in [0.1, 0.15) is 11.3 Å². The van der Waals surface area contributed by atoms with Gasteiger partial charge in [-0.15, -0.1) is 34.0 Å². The molecule has 168 valence electrons. The number of amides is 1. The van der Waals surface area contributed by atoms with Crippen LogP contribution in [-0.4, -0.2) is 46.2 Å². The van der Waals surface area contributed by atoms with Gasteiger partial charge in [-0.3, -0.25) is 9.59 Å². The van der Waals surface area contributed by atoms with Crippen LogP contribution in [0, 0.1) is 12.8 Å². The zero-order valence-electron chi connectivity index (χ0n) is 17.4. The van der Waals surface area contributed by atoms with Crippen LogP contribution in [0.1, 0.15) is 47.4 Å². The van der Waals surface area contributed by atoms with E-state index >= 15 is 0 Å². The number of halogens is 2. The number of hydrogen-bond acceptors (Lipinski definition) is 5. The summed E-state index contributed by atoms with van der Waals surface area (Å²) in [5.41, 5.74) is 9.35. The summed E-state index contributed by atoms with van der Waals surface area (Å²) in [7, 11) is 1.98. The Morgan fingerprint density at radius 3 is 2.63 bits per heavy atom. The van der Waals surface area contributed by atoms with Crippen molar-refractivity contribution in [2.75, 3.05) is 25.4 Å². The highest BCUT2D eigenvalue weighted by atomic mass is 79.9. The Hall–Kier alpha value is -1.65. The fourth-order valence-electron chi connectivity index (χ4n) is 3.93. The smallest absolute Gasteiger partial charge is 0.305 e. The van der Waals surface area contributed by atoms with Gasteiger partial charge in [0.2, 0.25) is 0 Å². The second-order valence-corrected chi connectivity index (χ2v) is 7.57. The third-order valence-electron chi connectivity index (χ3n) is 5.59. The van der Waals surface area contributed by atoms with Crippen LogP contribution in [0.4, 0.5) is 5.69 Å². The number of carboxylic acids is 1. The number of carbonyl (C=O) groups excluding carboxylic acids is 1. The molecule has 1 saturated heterocycles. The number of aryl methyl sites for hydroxylation is 3. The van der Waals surface area contributed by atoms with E-state index in [2.05, 4.69) is 15.2 Å². The number of aliphatic carboxylic acids is 1. The third kappa shape index (κ3) is 5.95. The zero-order valence-corrected chi connectivity index (χ0v) is 20.8.